The first-order chi connectivity index (χ1) is 10.3. The van der Waals surface area contributed by atoms with Crippen LogP contribution in [-0.4, -0.2) is 21.2 Å². The zero-order valence-corrected chi connectivity index (χ0v) is 11.1. The van der Waals surface area contributed by atoms with Crippen LogP contribution < -0.4 is 0 Å². The van der Waals surface area contributed by atoms with E-state index in [4.69, 9.17) is 0 Å². The summed E-state index contributed by atoms with van der Waals surface area (Å²) in [5.74, 6) is 5.08. The van der Waals surface area contributed by atoms with Gasteiger partial charge in [0.25, 0.3) is 5.78 Å². The second-order valence-electron chi connectivity index (χ2n) is 4.33. The van der Waals surface area contributed by atoms with Crippen molar-refractivity contribution < 1.29 is 4.79 Å². The molecule has 0 aliphatic rings. The Morgan fingerprint density at radius 2 is 1.57 bits per heavy atom. The lowest BCUT2D eigenvalue weighted by Crippen LogP contribution is -1.98. The van der Waals surface area contributed by atoms with Crippen molar-refractivity contribution >= 4 is 5.78 Å². The Morgan fingerprint density at radius 3 is 2.29 bits per heavy atom. The van der Waals surface area contributed by atoms with Crippen LogP contribution >= 0.6 is 0 Å². The molecular formula is C17H11N3O. The van der Waals surface area contributed by atoms with Crippen molar-refractivity contribution in [1.29, 1.82) is 0 Å². The van der Waals surface area contributed by atoms with Gasteiger partial charge in [-0.25, -0.2) is 0 Å². The predicted molar refractivity (Wildman–Crippen MR) is 79.5 cm³/mol. The molecule has 3 aromatic rings. The van der Waals surface area contributed by atoms with Gasteiger partial charge in [0, 0.05) is 11.1 Å². The number of nitrogens with zero attached hydrogens (tertiary/aromatic N) is 2. The average Bonchev–Trinajstić information content (AvgIpc) is 3.04. The van der Waals surface area contributed by atoms with Crippen molar-refractivity contribution in [3.05, 3.63) is 71.9 Å². The van der Waals surface area contributed by atoms with E-state index in [9.17, 15) is 4.79 Å². The normalized spacial score (nSPS) is 9.71. The van der Waals surface area contributed by atoms with Crippen LogP contribution in [0.2, 0.25) is 0 Å². The molecule has 0 spiro atoms. The number of nitrogens with one attached hydrogen (secondary N) is 1. The molecule has 1 N–H and O–H groups in total. The number of carbonyl (C=O) groups is 1. The van der Waals surface area contributed by atoms with Crippen molar-refractivity contribution in [1.82, 2.24) is 15.4 Å². The van der Waals surface area contributed by atoms with Gasteiger partial charge in [0.1, 0.15) is 5.69 Å². The van der Waals surface area contributed by atoms with E-state index >= 15 is 0 Å². The lowest BCUT2D eigenvalue weighted by atomic mass is 10.1. The molecule has 4 heteroatoms. The minimum absolute atomic E-state index is 0.240. The highest BCUT2D eigenvalue weighted by molar-refractivity contribution is 6.11. The minimum Gasteiger partial charge on any atom is -0.277 e. The summed E-state index contributed by atoms with van der Waals surface area (Å²) in [7, 11) is 0. The number of rotatable bonds is 2. The first-order valence-electron chi connectivity index (χ1n) is 6.42. The molecule has 0 saturated carbocycles. The van der Waals surface area contributed by atoms with E-state index in [0.29, 0.717) is 5.69 Å². The third-order valence-electron chi connectivity index (χ3n) is 2.90. The molecule has 3 rings (SSSR count). The highest BCUT2D eigenvalue weighted by Gasteiger charge is 2.15. The Kier molecular flexibility index (Phi) is 3.57. The first-order valence-corrected chi connectivity index (χ1v) is 6.42. The maximum Gasteiger partial charge on any atom is 0.258 e. The summed E-state index contributed by atoms with van der Waals surface area (Å²) < 4.78 is 0. The fourth-order valence-electron chi connectivity index (χ4n) is 1.90. The van der Waals surface area contributed by atoms with Crippen LogP contribution in [0.15, 0.2) is 60.7 Å². The highest BCUT2D eigenvalue weighted by Crippen LogP contribution is 2.19. The maximum atomic E-state index is 12.2. The predicted octanol–water partition coefficient (Wildman–Crippen LogP) is 2.71. The number of hydrogen-bond acceptors (Lipinski definition) is 3. The molecule has 0 aliphatic carbocycles. The van der Waals surface area contributed by atoms with Gasteiger partial charge in [-0.15, -0.1) is 0 Å². The molecule has 100 valence electrons. The molecule has 4 nitrogen and oxygen atoms in total. The summed E-state index contributed by atoms with van der Waals surface area (Å²) in [6.45, 7) is 0. The summed E-state index contributed by atoms with van der Waals surface area (Å²) >= 11 is 0. The number of carbonyl (C=O) groups excluding carboxylic acids is 1. The number of Topliss-reactive ketones (excluding diaryl/α,β-unsaturated/α-hetero) is 1. The van der Waals surface area contributed by atoms with Gasteiger partial charge < -0.3 is 0 Å². The Hall–Kier alpha value is -3.19. The van der Waals surface area contributed by atoms with Gasteiger partial charge >= 0.3 is 0 Å². The third kappa shape index (κ3) is 2.88. The second kappa shape index (κ2) is 5.85. The van der Waals surface area contributed by atoms with Crippen LogP contribution in [0.1, 0.15) is 16.1 Å². The van der Waals surface area contributed by atoms with E-state index in [1.807, 2.05) is 60.7 Å². The summed E-state index contributed by atoms with van der Waals surface area (Å²) in [6, 6.07) is 18.8. The van der Waals surface area contributed by atoms with E-state index in [2.05, 4.69) is 27.3 Å². The fraction of sp³-hybridized carbons (Fsp3) is 0. The molecule has 21 heavy (non-hydrogen) atoms. The lowest BCUT2D eigenvalue weighted by Gasteiger charge is -1.96. The molecule has 2 aromatic carbocycles. The van der Waals surface area contributed by atoms with Crippen LogP contribution in [0.25, 0.3) is 11.3 Å². The van der Waals surface area contributed by atoms with E-state index in [-0.39, 0.29) is 11.5 Å². The van der Waals surface area contributed by atoms with Crippen molar-refractivity contribution in [2.24, 2.45) is 0 Å². The molecule has 0 unspecified atom stereocenters. The number of ketones is 1. The van der Waals surface area contributed by atoms with E-state index < -0.39 is 0 Å². The van der Waals surface area contributed by atoms with E-state index in [0.717, 1.165) is 11.1 Å². The van der Waals surface area contributed by atoms with Crippen LogP contribution in [0.5, 0.6) is 0 Å². The maximum absolute atomic E-state index is 12.2. The average molecular weight is 273 g/mol. The van der Waals surface area contributed by atoms with Gasteiger partial charge in [0.2, 0.25) is 0 Å². The minimum atomic E-state index is -0.355. The van der Waals surface area contributed by atoms with Crippen molar-refractivity contribution in [3.8, 4) is 23.1 Å². The number of hydrogen-bond donors (Lipinski definition) is 1. The quantitative estimate of drug-likeness (QED) is 0.577. The van der Waals surface area contributed by atoms with Gasteiger partial charge in [0.15, 0.2) is 5.69 Å². The van der Waals surface area contributed by atoms with E-state index in [1.165, 1.54) is 0 Å². The Bertz CT molecular complexity index is 811. The van der Waals surface area contributed by atoms with Gasteiger partial charge in [0.05, 0.1) is 0 Å². The topological polar surface area (TPSA) is 58.6 Å². The monoisotopic (exact) mass is 273 g/mol. The summed E-state index contributed by atoms with van der Waals surface area (Å²) in [6.07, 6.45) is 0. The number of benzene rings is 2. The zero-order valence-electron chi connectivity index (χ0n) is 11.1. The zero-order chi connectivity index (χ0) is 14.5. The molecule has 0 radical (unpaired) electrons. The molecule has 1 heterocycles. The largest absolute Gasteiger partial charge is 0.277 e. The molecule has 0 aliphatic heterocycles. The summed E-state index contributed by atoms with van der Waals surface area (Å²) in [4.78, 5) is 12.2. The molecule has 0 saturated heterocycles. The summed E-state index contributed by atoms with van der Waals surface area (Å²) in [5.41, 5.74) is 2.37. The van der Waals surface area contributed by atoms with Crippen molar-refractivity contribution in [2.75, 3.05) is 0 Å². The number of aromatic nitrogens is 3. The molecule has 0 fully saturated rings. The molecule has 0 amide bonds. The van der Waals surface area contributed by atoms with Crippen molar-refractivity contribution in [3.63, 3.8) is 0 Å². The van der Waals surface area contributed by atoms with Crippen LogP contribution in [0.3, 0.4) is 0 Å². The summed E-state index contributed by atoms with van der Waals surface area (Å²) in [5, 5.41) is 10.4. The number of aromatic amines is 1. The SMILES string of the molecule is O=C(C#Cc1ccccc1)c1n[nH]nc1-c1ccccc1. The van der Waals surface area contributed by atoms with Crippen LogP contribution in [0, 0.1) is 11.8 Å². The van der Waals surface area contributed by atoms with Gasteiger partial charge in [-0.05, 0) is 18.1 Å². The Morgan fingerprint density at radius 1 is 0.905 bits per heavy atom. The highest BCUT2D eigenvalue weighted by atomic mass is 16.1. The van der Waals surface area contributed by atoms with Gasteiger partial charge in [-0.2, -0.15) is 15.4 Å². The van der Waals surface area contributed by atoms with Crippen molar-refractivity contribution in [2.45, 2.75) is 0 Å². The molecule has 0 atom stereocenters. The Labute approximate surface area is 121 Å². The first kappa shape index (κ1) is 12.8. The second-order valence-corrected chi connectivity index (χ2v) is 4.33. The van der Waals surface area contributed by atoms with Crippen LogP contribution in [0.4, 0.5) is 0 Å². The third-order valence-corrected chi connectivity index (χ3v) is 2.90. The van der Waals surface area contributed by atoms with Gasteiger partial charge in [-0.3, -0.25) is 4.79 Å². The van der Waals surface area contributed by atoms with Crippen LogP contribution in [-0.2, 0) is 0 Å². The number of H-pyrrole nitrogens is 1. The smallest absolute Gasteiger partial charge is 0.258 e. The van der Waals surface area contributed by atoms with Gasteiger partial charge in [-0.1, -0.05) is 54.5 Å². The molecule has 1 aromatic heterocycles. The van der Waals surface area contributed by atoms with E-state index in [1.54, 1.807) is 0 Å². The lowest BCUT2D eigenvalue weighted by molar-refractivity contribution is 0.105. The fourth-order valence-corrected chi connectivity index (χ4v) is 1.90. The standard InChI is InChI=1S/C17H11N3O/c21-15(12-11-13-7-3-1-4-8-13)17-16(18-20-19-17)14-9-5-2-6-10-14/h1-10H,(H,18,19,20). The molecular weight excluding hydrogens is 262 g/mol. The Balaban J connectivity index is 1.91. The molecule has 0 bridgehead atoms.